The Bertz CT molecular complexity index is 427. The van der Waals surface area contributed by atoms with E-state index in [0.29, 0.717) is 17.1 Å². The number of hydrogen-bond acceptors (Lipinski definition) is 3. The lowest BCUT2D eigenvalue weighted by atomic mass is 9.71. The van der Waals surface area contributed by atoms with Gasteiger partial charge in [-0.2, -0.15) is 0 Å². The third-order valence-corrected chi connectivity index (χ3v) is 4.91. The highest BCUT2D eigenvalue weighted by Gasteiger charge is 2.48. The van der Waals surface area contributed by atoms with Crippen molar-refractivity contribution in [3.63, 3.8) is 0 Å². The van der Waals surface area contributed by atoms with E-state index in [9.17, 15) is 0 Å². The average molecular weight is 292 g/mol. The SMILES string of the molecule is CCCCCCCCC1=C[C@@H]2C=C[C@H]1C1OC(=S)OC12. The second-order valence-electron chi connectivity index (χ2n) is 6.16. The van der Waals surface area contributed by atoms with Crippen LogP contribution in [0, 0.1) is 11.8 Å². The van der Waals surface area contributed by atoms with Crippen LogP contribution in [0.5, 0.6) is 0 Å². The molecular formula is C17H24O2S. The maximum atomic E-state index is 5.71. The molecule has 0 saturated carbocycles. The summed E-state index contributed by atoms with van der Waals surface area (Å²) in [5.41, 5.74) is 1.54. The molecule has 1 fully saturated rings. The summed E-state index contributed by atoms with van der Waals surface area (Å²) in [6, 6.07) is 0. The van der Waals surface area contributed by atoms with Crippen molar-refractivity contribution in [1.29, 1.82) is 0 Å². The zero-order valence-electron chi connectivity index (χ0n) is 12.2. The summed E-state index contributed by atoms with van der Waals surface area (Å²) in [6.45, 7) is 2.26. The quantitative estimate of drug-likeness (QED) is 0.390. The van der Waals surface area contributed by atoms with Gasteiger partial charge in [-0.25, -0.2) is 0 Å². The highest BCUT2D eigenvalue weighted by Crippen LogP contribution is 2.44. The van der Waals surface area contributed by atoms with Crippen molar-refractivity contribution in [1.82, 2.24) is 0 Å². The molecule has 0 aromatic rings. The van der Waals surface area contributed by atoms with Gasteiger partial charge in [0.05, 0.1) is 0 Å². The largest absolute Gasteiger partial charge is 0.449 e. The van der Waals surface area contributed by atoms with Gasteiger partial charge in [-0.1, -0.05) is 62.8 Å². The summed E-state index contributed by atoms with van der Waals surface area (Å²) in [4.78, 5) is 0. The average Bonchev–Trinajstić information content (AvgIpc) is 2.86. The Morgan fingerprint density at radius 1 is 1.00 bits per heavy atom. The fourth-order valence-corrected chi connectivity index (χ4v) is 3.85. The molecule has 2 bridgehead atoms. The van der Waals surface area contributed by atoms with Crippen LogP contribution in [-0.4, -0.2) is 17.4 Å². The monoisotopic (exact) mass is 292 g/mol. The molecule has 20 heavy (non-hydrogen) atoms. The molecule has 4 atom stereocenters. The Balaban J connectivity index is 1.49. The minimum absolute atomic E-state index is 0.130. The van der Waals surface area contributed by atoms with Crippen LogP contribution in [0.3, 0.4) is 0 Å². The molecule has 0 aromatic heterocycles. The molecule has 2 nitrogen and oxygen atoms in total. The molecule has 110 valence electrons. The zero-order chi connectivity index (χ0) is 13.9. The Morgan fingerprint density at radius 3 is 2.60 bits per heavy atom. The summed E-state index contributed by atoms with van der Waals surface area (Å²) < 4.78 is 11.3. The van der Waals surface area contributed by atoms with Gasteiger partial charge in [0.1, 0.15) is 0 Å². The molecule has 1 saturated heterocycles. The molecule has 0 aromatic carbocycles. The summed E-state index contributed by atoms with van der Waals surface area (Å²) in [6.07, 6.45) is 16.5. The minimum Gasteiger partial charge on any atom is -0.449 e. The van der Waals surface area contributed by atoms with Crippen LogP contribution in [0.1, 0.15) is 51.9 Å². The third kappa shape index (κ3) is 2.78. The lowest BCUT2D eigenvalue weighted by Crippen LogP contribution is -2.42. The van der Waals surface area contributed by atoms with Crippen molar-refractivity contribution in [2.75, 3.05) is 0 Å². The molecule has 1 aliphatic heterocycles. The van der Waals surface area contributed by atoms with Gasteiger partial charge < -0.3 is 9.47 Å². The third-order valence-electron chi connectivity index (χ3n) is 4.72. The fraction of sp³-hybridized carbons (Fsp3) is 0.706. The number of rotatable bonds is 7. The fourth-order valence-electron chi connectivity index (χ4n) is 3.63. The molecule has 4 aliphatic rings. The Hall–Kier alpha value is -0.830. The van der Waals surface area contributed by atoms with E-state index in [0.717, 1.165) is 0 Å². The van der Waals surface area contributed by atoms with Crippen LogP contribution in [0.2, 0.25) is 0 Å². The van der Waals surface area contributed by atoms with E-state index in [-0.39, 0.29) is 12.2 Å². The Morgan fingerprint density at radius 2 is 1.75 bits per heavy atom. The summed E-state index contributed by atoms with van der Waals surface area (Å²) in [7, 11) is 0. The molecular weight excluding hydrogens is 268 g/mol. The highest BCUT2D eigenvalue weighted by atomic mass is 32.1. The molecule has 0 amide bonds. The van der Waals surface area contributed by atoms with Gasteiger partial charge in [-0.05, 0) is 12.8 Å². The Kier molecular flexibility index (Phi) is 4.45. The molecule has 4 rings (SSSR count). The minimum atomic E-state index is 0.130. The van der Waals surface area contributed by atoms with Crippen molar-refractivity contribution in [2.45, 2.75) is 64.1 Å². The van der Waals surface area contributed by atoms with Gasteiger partial charge in [0.2, 0.25) is 0 Å². The normalized spacial score (nSPS) is 33.6. The first-order valence-electron chi connectivity index (χ1n) is 8.06. The van der Waals surface area contributed by atoms with Crippen molar-refractivity contribution in [2.24, 2.45) is 11.8 Å². The zero-order valence-corrected chi connectivity index (χ0v) is 13.0. The second kappa shape index (κ2) is 6.30. The van der Waals surface area contributed by atoms with Gasteiger partial charge in [0, 0.05) is 24.1 Å². The van der Waals surface area contributed by atoms with E-state index in [1.807, 2.05) is 0 Å². The predicted octanol–water partition coefficient (Wildman–Crippen LogP) is 4.55. The first-order valence-corrected chi connectivity index (χ1v) is 8.46. The van der Waals surface area contributed by atoms with Crippen molar-refractivity contribution < 1.29 is 9.47 Å². The molecule has 0 spiro atoms. The molecule has 3 heteroatoms. The van der Waals surface area contributed by atoms with E-state index >= 15 is 0 Å². The summed E-state index contributed by atoms with van der Waals surface area (Å²) >= 11 is 5.06. The lowest BCUT2D eigenvalue weighted by molar-refractivity contribution is 0.0895. The van der Waals surface area contributed by atoms with Crippen molar-refractivity contribution in [3.8, 4) is 0 Å². The maximum Gasteiger partial charge on any atom is 0.353 e. The number of hydrogen-bond donors (Lipinski definition) is 0. The topological polar surface area (TPSA) is 18.5 Å². The lowest BCUT2D eigenvalue weighted by Gasteiger charge is -2.37. The van der Waals surface area contributed by atoms with Crippen molar-refractivity contribution >= 4 is 17.5 Å². The van der Waals surface area contributed by atoms with Gasteiger partial charge in [0.25, 0.3) is 0 Å². The highest BCUT2D eigenvalue weighted by molar-refractivity contribution is 7.79. The van der Waals surface area contributed by atoms with Gasteiger partial charge >= 0.3 is 5.24 Å². The summed E-state index contributed by atoms with van der Waals surface area (Å²) in [5.74, 6) is 0.752. The molecule has 1 heterocycles. The number of unbranched alkanes of at least 4 members (excludes halogenated alkanes) is 5. The second-order valence-corrected chi connectivity index (χ2v) is 6.50. The summed E-state index contributed by atoms with van der Waals surface area (Å²) in [5, 5.41) is 0.341. The predicted molar refractivity (Wildman–Crippen MR) is 84.5 cm³/mol. The molecule has 2 unspecified atom stereocenters. The van der Waals surface area contributed by atoms with Crippen molar-refractivity contribution in [3.05, 3.63) is 23.8 Å². The van der Waals surface area contributed by atoms with Crippen LogP contribution in [0.15, 0.2) is 23.8 Å². The van der Waals surface area contributed by atoms with E-state index in [2.05, 4.69) is 25.2 Å². The van der Waals surface area contributed by atoms with Crippen LogP contribution in [0.4, 0.5) is 0 Å². The van der Waals surface area contributed by atoms with E-state index in [4.69, 9.17) is 21.7 Å². The first-order chi connectivity index (χ1) is 9.79. The smallest absolute Gasteiger partial charge is 0.353 e. The maximum absolute atomic E-state index is 5.71. The van der Waals surface area contributed by atoms with Gasteiger partial charge in [0.15, 0.2) is 12.2 Å². The standard InChI is InChI=1S/C17H24O2S/c1-2-3-4-5-6-7-8-12-11-13-9-10-14(12)16-15(13)18-17(20)19-16/h9-11,13-16H,2-8H2,1H3/t13-,14+,15?,16?/m0/s1. The van der Waals surface area contributed by atoms with Crippen LogP contribution < -0.4 is 0 Å². The first kappa shape index (κ1) is 14.1. The van der Waals surface area contributed by atoms with Crippen LogP contribution in [0.25, 0.3) is 0 Å². The van der Waals surface area contributed by atoms with E-state index < -0.39 is 0 Å². The van der Waals surface area contributed by atoms with Gasteiger partial charge in [-0.15, -0.1) is 0 Å². The van der Waals surface area contributed by atoms with Crippen LogP contribution in [-0.2, 0) is 9.47 Å². The van der Waals surface area contributed by atoms with E-state index in [1.165, 1.54) is 44.9 Å². The molecule has 0 radical (unpaired) electrons. The number of ether oxygens (including phenoxy) is 2. The molecule has 3 aliphatic carbocycles. The molecule has 0 N–H and O–H groups in total. The Labute approximate surface area is 127 Å². The van der Waals surface area contributed by atoms with Crippen LogP contribution >= 0.6 is 12.2 Å². The number of thiocarbonyl (C=S) groups is 1. The van der Waals surface area contributed by atoms with Gasteiger partial charge in [-0.3, -0.25) is 0 Å². The van der Waals surface area contributed by atoms with E-state index in [1.54, 1.807) is 5.57 Å².